The highest BCUT2D eigenvalue weighted by Gasteiger charge is 1.98. The number of unbranched alkanes of at least 4 members (excludes halogenated alkanes) is 7. The van der Waals surface area contributed by atoms with Crippen LogP contribution in [-0.4, -0.2) is 0 Å². The van der Waals surface area contributed by atoms with Crippen LogP contribution in [0, 0.1) is 6.92 Å². The first-order chi connectivity index (χ1) is 10.3. The highest BCUT2D eigenvalue weighted by Crippen LogP contribution is 2.19. The van der Waals surface area contributed by atoms with E-state index in [1.807, 2.05) is 0 Å². The molecule has 0 aliphatic carbocycles. The quantitative estimate of drug-likeness (QED) is 0.497. The molecule has 0 fully saturated rings. The molecular weight excluding hydrogens is 266 g/mol. The summed E-state index contributed by atoms with van der Waals surface area (Å²) < 4.78 is 0. The second kappa shape index (κ2) is 10.4. The predicted molar refractivity (Wildman–Crippen MR) is 100 cm³/mol. The minimum absolute atomic E-state index is 0. The lowest BCUT2D eigenvalue weighted by Gasteiger charge is -2.05. The third kappa shape index (κ3) is 6.19. The van der Waals surface area contributed by atoms with E-state index in [2.05, 4.69) is 50.2 Å². The molecule has 0 atom stereocenters. The van der Waals surface area contributed by atoms with Crippen molar-refractivity contribution in [1.82, 2.24) is 6.15 Å². The number of hydrogen-bond acceptors (Lipinski definition) is 1. The van der Waals surface area contributed by atoms with Crippen molar-refractivity contribution in [2.75, 3.05) is 0 Å². The summed E-state index contributed by atoms with van der Waals surface area (Å²) in [6, 6.07) is 13.7. The zero-order chi connectivity index (χ0) is 14.9. The Morgan fingerprint density at radius 2 is 1.27 bits per heavy atom. The van der Waals surface area contributed by atoms with Gasteiger partial charge >= 0.3 is 0 Å². The molecule has 3 N–H and O–H groups in total. The van der Waals surface area contributed by atoms with Crippen LogP contribution in [0.4, 0.5) is 0 Å². The molecule has 1 heteroatoms. The lowest BCUT2D eigenvalue weighted by atomic mass is 10.0. The average molecular weight is 300 g/mol. The largest absolute Gasteiger partial charge is 0.344 e. The molecule has 0 saturated heterocycles. The van der Waals surface area contributed by atoms with Gasteiger partial charge in [-0.15, -0.1) is 0 Å². The zero-order valence-corrected chi connectivity index (χ0v) is 14.5. The minimum atomic E-state index is 0. The van der Waals surface area contributed by atoms with Crippen molar-refractivity contribution >= 4 is 10.8 Å². The van der Waals surface area contributed by atoms with Crippen LogP contribution in [0.3, 0.4) is 0 Å². The minimum Gasteiger partial charge on any atom is -0.344 e. The van der Waals surface area contributed by atoms with Crippen molar-refractivity contribution in [2.24, 2.45) is 0 Å². The number of aryl methyl sites for hydroxylation is 2. The van der Waals surface area contributed by atoms with Gasteiger partial charge in [0.1, 0.15) is 0 Å². The number of fused-ring (bicyclic) bond motifs is 1. The van der Waals surface area contributed by atoms with Gasteiger partial charge in [0, 0.05) is 0 Å². The number of benzene rings is 2. The number of hydrogen-bond donors (Lipinski definition) is 1. The molecular formula is C21H33N. The lowest BCUT2D eigenvalue weighted by molar-refractivity contribution is 0.575. The smallest absolute Gasteiger partial charge is 0.0181 e. The van der Waals surface area contributed by atoms with Crippen LogP contribution < -0.4 is 6.15 Å². The first-order valence-corrected chi connectivity index (χ1v) is 8.79. The Bertz CT molecular complexity index is 545. The van der Waals surface area contributed by atoms with Crippen molar-refractivity contribution in [3.05, 3.63) is 47.5 Å². The molecule has 0 aliphatic rings. The van der Waals surface area contributed by atoms with Gasteiger partial charge in [-0.1, -0.05) is 93.8 Å². The molecule has 0 amide bonds. The maximum absolute atomic E-state index is 2.37. The molecule has 0 bridgehead atoms. The number of rotatable bonds is 9. The second-order valence-electron chi connectivity index (χ2n) is 6.41. The molecule has 0 heterocycles. The molecule has 2 aromatic rings. The van der Waals surface area contributed by atoms with Crippen LogP contribution in [0.2, 0.25) is 0 Å². The molecule has 2 rings (SSSR count). The average Bonchev–Trinajstić information content (AvgIpc) is 2.50. The summed E-state index contributed by atoms with van der Waals surface area (Å²) in [6.07, 6.45) is 12.4. The fourth-order valence-electron chi connectivity index (χ4n) is 3.03. The normalized spacial score (nSPS) is 10.6. The molecule has 22 heavy (non-hydrogen) atoms. The molecule has 1 nitrogen and oxygen atoms in total. The first kappa shape index (κ1) is 18.7. The van der Waals surface area contributed by atoms with Crippen molar-refractivity contribution in [1.29, 1.82) is 0 Å². The van der Waals surface area contributed by atoms with Crippen LogP contribution in [0.1, 0.15) is 69.4 Å². The molecule has 0 unspecified atom stereocenters. The standard InChI is InChI=1S/C21H30.H3N/c1-3-4-5-6-7-8-9-10-11-19-13-15-20-16-18(2)12-14-21(20)17-19;/h12-17H,3-11H2,1-2H3;1H3. The zero-order valence-electron chi connectivity index (χ0n) is 14.5. The summed E-state index contributed by atoms with van der Waals surface area (Å²) in [5.41, 5.74) is 2.84. The maximum Gasteiger partial charge on any atom is -0.0181 e. The third-order valence-electron chi connectivity index (χ3n) is 4.38. The Kier molecular flexibility index (Phi) is 8.84. The lowest BCUT2D eigenvalue weighted by Crippen LogP contribution is -1.87. The Morgan fingerprint density at radius 3 is 2.00 bits per heavy atom. The fraction of sp³-hybridized carbons (Fsp3) is 0.524. The summed E-state index contributed by atoms with van der Waals surface area (Å²) in [7, 11) is 0. The van der Waals surface area contributed by atoms with Crippen molar-refractivity contribution in [3.63, 3.8) is 0 Å². The van der Waals surface area contributed by atoms with Crippen LogP contribution in [0.25, 0.3) is 10.8 Å². The van der Waals surface area contributed by atoms with E-state index in [-0.39, 0.29) is 6.15 Å². The fourth-order valence-corrected chi connectivity index (χ4v) is 3.03. The second-order valence-corrected chi connectivity index (χ2v) is 6.41. The van der Waals surface area contributed by atoms with Gasteiger partial charge in [-0.05, 0) is 36.1 Å². The topological polar surface area (TPSA) is 35.0 Å². The predicted octanol–water partition coefficient (Wildman–Crippen LogP) is 6.99. The Morgan fingerprint density at radius 1 is 0.682 bits per heavy atom. The van der Waals surface area contributed by atoms with E-state index in [0.29, 0.717) is 0 Å². The summed E-state index contributed by atoms with van der Waals surface area (Å²) in [4.78, 5) is 0. The summed E-state index contributed by atoms with van der Waals surface area (Å²) in [5.74, 6) is 0. The third-order valence-corrected chi connectivity index (χ3v) is 4.38. The van der Waals surface area contributed by atoms with Gasteiger partial charge in [0.05, 0.1) is 0 Å². The van der Waals surface area contributed by atoms with Crippen LogP contribution in [-0.2, 0) is 6.42 Å². The van der Waals surface area contributed by atoms with E-state index < -0.39 is 0 Å². The molecule has 0 aromatic heterocycles. The van der Waals surface area contributed by atoms with Gasteiger partial charge in [-0.25, -0.2) is 0 Å². The van der Waals surface area contributed by atoms with E-state index in [4.69, 9.17) is 0 Å². The van der Waals surface area contributed by atoms with Gasteiger partial charge in [0.25, 0.3) is 0 Å². The highest BCUT2D eigenvalue weighted by molar-refractivity contribution is 5.83. The monoisotopic (exact) mass is 299 g/mol. The molecule has 2 aromatic carbocycles. The van der Waals surface area contributed by atoms with Gasteiger partial charge in [0.2, 0.25) is 0 Å². The van der Waals surface area contributed by atoms with Crippen LogP contribution in [0.5, 0.6) is 0 Å². The van der Waals surface area contributed by atoms with Crippen molar-refractivity contribution in [2.45, 2.75) is 71.6 Å². The summed E-state index contributed by atoms with van der Waals surface area (Å²) in [5, 5.41) is 2.76. The van der Waals surface area contributed by atoms with E-state index >= 15 is 0 Å². The van der Waals surface area contributed by atoms with Gasteiger partial charge < -0.3 is 6.15 Å². The molecule has 0 aliphatic heterocycles. The maximum atomic E-state index is 2.37. The SMILES string of the molecule is CCCCCCCCCCc1ccc2cc(C)ccc2c1.N. The summed E-state index contributed by atoms with van der Waals surface area (Å²) in [6.45, 7) is 4.44. The van der Waals surface area contributed by atoms with E-state index in [1.165, 1.54) is 79.7 Å². The summed E-state index contributed by atoms with van der Waals surface area (Å²) >= 11 is 0. The van der Waals surface area contributed by atoms with E-state index in [0.717, 1.165) is 0 Å². The van der Waals surface area contributed by atoms with E-state index in [9.17, 15) is 0 Å². The van der Waals surface area contributed by atoms with Crippen LogP contribution >= 0.6 is 0 Å². The van der Waals surface area contributed by atoms with Gasteiger partial charge in [-0.2, -0.15) is 0 Å². The van der Waals surface area contributed by atoms with Crippen LogP contribution in [0.15, 0.2) is 36.4 Å². The molecule has 122 valence electrons. The van der Waals surface area contributed by atoms with Crippen molar-refractivity contribution < 1.29 is 0 Å². The van der Waals surface area contributed by atoms with E-state index in [1.54, 1.807) is 0 Å². The molecule has 0 saturated carbocycles. The highest BCUT2D eigenvalue weighted by atomic mass is 14.0. The first-order valence-electron chi connectivity index (χ1n) is 8.79. The Hall–Kier alpha value is -1.34. The Balaban J connectivity index is 0.00000242. The van der Waals surface area contributed by atoms with Crippen molar-refractivity contribution in [3.8, 4) is 0 Å². The molecule has 0 radical (unpaired) electrons. The Labute approximate surface area is 136 Å². The van der Waals surface area contributed by atoms with Gasteiger partial charge in [-0.3, -0.25) is 0 Å². The molecule has 0 spiro atoms. The van der Waals surface area contributed by atoms with Gasteiger partial charge in [0.15, 0.2) is 0 Å².